The number of aryl methyl sites for hydroxylation is 1. The lowest BCUT2D eigenvalue weighted by molar-refractivity contribution is 0.389. The van der Waals surface area contributed by atoms with E-state index in [-0.39, 0.29) is 0 Å². The largest absolute Gasteiger partial charge is 0.385 e. The van der Waals surface area contributed by atoms with Crippen molar-refractivity contribution in [3.63, 3.8) is 0 Å². The third-order valence-electron chi connectivity index (χ3n) is 4.28. The Morgan fingerprint density at radius 1 is 1.17 bits per heavy atom. The maximum atomic E-state index is 3.60. The topological polar surface area (TPSA) is 24.1 Å². The second-order valence-electron chi connectivity index (χ2n) is 5.54. The molecule has 2 heteroatoms. The van der Waals surface area contributed by atoms with E-state index in [2.05, 4.69) is 43.5 Å². The molecule has 0 aromatic heterocycles. The van der Waals surface area contributed by atoms with Crippen LogP contribution in [0.3, 0.4) is 0 Å². The molecule has 1 unspecified atom stereocenters. The van der Waals surface area contributed by atoms with Gasteiger partial charge < -0.3 is 10.6 Å². The fraction of sp³-hybridized carbons (Fsp3) is 0.625. The first-order valence-corrected chi connectivity index (χ1v) is 7.22. The van der Waals surface area contributed by atoms with Gasteiger partial charge in [0.15, 0.2) is 0 Å². The van der Waals surface area contributed by atoms with E-state index >= 15 is 0 Å². The molecule has 1 fully saturated rings. The van der Waals surface area contributed by atoms with Crippen molar-refractivity contribution >= 4 is 5.69 Å². The smallest absolute Gasteiger partial charge is 0.0372 e. The normalized spacial score (nSPS) is 19.8. The van der Waals surface area contributed by atoms with Gasteiger partial charge in [-0.25, -0.2) is 0 Å². The molecule has 2 rings (SSSR count). The van der Waals surface area contributed by atoms with E-state index in [9.17, 15) is 0 Å². The maximum absolute atomic E-state index is 3.60. The Kier molecular flexibility index (Phi) is 4.65. The average molecular weight is 246 g/mol. The summed E-state index contributed by atoms with van der Waals surface area (Å²) in [7, 11) is 0. The van der Waals surface area contributed by atoms with Gasteiger partial charge >= 0.3 is 0 Å². The minimum Gasteiger partial charge on any atom is -0.385 e. The average Bonchev–Trinajstić information content (AvgIpc) is 2.40. The maximum Gasteiger partial charge on any atom is 0.0372 e. The first-order chi connectivity index (χ1) is 8.68. The Bertz CT molecular complexity index is 392. The van der Waals surface area contributed by atoms with Gasteiger partial charge in [-0.2, -0.15) is 0 Å². The number of benzene rings is 1. The zero-order valence-electron chi connectivity index (χ0n) is 12.0. The molecule has 1 saturated heterocycles. The molecule has 1 atom stereocenters. The number of rotatable bonds is 4. The molecule has 2 N–H and O–H groups in total. The number of nitrogens with one attached hydrogen (secondary N) is 2. The predicted molar refractivity (Wildman–Crippen MR) is 79.4 cm³/mol. The van der Waals surface area contributed by atoms with Crippen LogP contribution in [0.1, 0.15) is 42.4 Å². The van der Waals surface area contributed by atoms with E-state index in [0.717, 1.165) is 12.6 Å². The van der Waals surface area contributed by atoms with Crippen LogP contribution >= 0.6 is 0 Å². The van der Waals surface area contributed by atoms with Crippen LogP contribution in [0.4, 0.5) is 5.69 Å². The highest BCUT2D eigenvalue weighted by Gasteiger charge is 2.11. The molecule has 2 nitrogen and oxygen atoms in total. The Morgan fingerprint density at radius 3 is 2.72 bits per heavy atom. The summed E-state index contributed by atoms with van der Waals surface area (Å²) in [6, 6.07) is 5.15. The molecule has 1 aromatic carbocycles. The molecule has 18 heavy (non-hydrogen) atoms. The van der Waals surface area contributed by atoms with Crippen molar-refractivity contribution < 1.29 is 0 Å². The summed E-state index contributed by atoms with van der Waals surface area (Å²) in [5.41, 5.74) is 5.49. The fourth-order valence-electron chi connectivity index (χ4n) is 2.70. The van der Waals surface area contributed by atoms with Crippen LogP contribution in [0.2, 0.25) is 0 Å². The Labute approximate surface area is 111 Å². The van der Waals surface area contributed by atoms with Gasteiger partial charge in [-0.3, -0.25) is 0 Å². The monoisotopic (exact) mass is 246 g/mol. The lowest BCUT2D eigenvalue weighted by atomic mass is 10.0. The lowest BCUT2D eigenvalue weighted by Gasteiger charge is -2.24. The Morgan fingerprint density at radius 2 is 2.00 bits per heavy atom. The molecule has 1 aromatic rings. The summed E-state index contributed by atoms with van der Waals surface area (Å²) in [6.45, 7) is 8.87. The highest BCUT2D eigenvalue weighted by molar-refractivity contribution is 5.55. The van der Waals surface area contributed by atoms with Crippen LogP contribution < -0.4 is 10.6 Å². The minimum atomic E-state index is 0.720. The van der Waals surface area contributed by atoms with Crippen LogP contribution in [-0.2, 0) is 0 Å². The third kappa shape index (κ3) is 3.26. The molecular formula is C16H26N2. The Balaban J connectivity index is 1.84. The van der Waals surface area contributed by atoms with Crippen molar-refractivity contribution in [2.24, 2.45) is 0 Å². The standard InChI is InChI=1S/C16H26N2/c1-12-7-8-16(14(3)13(12)2)18-11-9-15-6-4-5-10-17-15/h7-8,15,17-18H,4-6,9-11H2,1-3H3. The van der Waals surface area contributed by atoms with Gasteiger partial charge in [0.2, 0.25) is 0 Å². The van der Waals surface area contributed by atoms with E-state index in [1.807, 2.05) is 0 Å². The van der Waals surface area contributed by atoms with E-state index < -0.39 is 0 Å². The molecule has 1 heterocycles. The van der Waals surface area contributed by atoms with Crippen molar-refractivity contribution in [1.82, 2.24) is 5.32 Å². The molecule has 1 aliphatic heterocycles. The fourth-order valence-corrected chi connectivity index (χ4v) is 2.70. The molecular weight excluding hydrogens is 220 g/mol. The van der Waals surface area contributed by atoms with Gasteiger partial charge in [0, 0.05) is 18.3 Å². The molecule has 0 saturated carbocycles. The number of anilines is 1. The number of piperidine rings is 1. The van der Waals surface area contributed by atoms with Gasteiger partial charge in [-0.15, -0.1) is 0 Å². The summed E-state index contributed by atoms with van der Waals surface area (Å²) in [5, 5.41) is 7.19. The van der Waals surface area contributed by atoms with Crippen LogP contribution in [0.5, 0.6) is 0 Å². The van der Waals surface area contributed by atoms with Crippen LogP contribution in [0, 0.1) is 20.8 Å². The SMILES string of the molecule is Cc1ccc(NCCC2CCCCN2)c(C)c1C. The summed E-state index contributed by atoms with van der Waals surface area (Å²) < 4.78 is 0. The first-order valence-electron chi connectivity index (χ1n) is 7.22. The van der Waals surface area contributed by atoms with E-state index in [1.165, 1.54) is 54.6 Å². The molecule has 100 valence electrons. The molecule has 1 aliphatic rings. The third-order valence-corrected chi connectivity index (χ3v) is 4.28. The first kappa shape index (κ1) is 13.4. The van der Waals surface area contributed by atoms with Crippen LogP contribution in [0.25, 0.3) is 0 Å². The molecule has 0 bridgehead atoms. The van der Waals surface area contributed by atoms with Crippen LogP contribution in [0.15, 0.2) is 12.1 Å². The lowest BCUT2D eigenvalue weighted by Crippen LogP contribution is -2.35. The molecule has 0 aliphatic carbocycles. The van der Waals surface area contributed by atoms with Gasteiger partial charge in [-0.1, -0.05) is 12.5 Å². The van der Waals surface area contributed by atoms with Crippen molar-refractivity contribution in [2.45, 2.75) is 52.5 Å². The molecule has 0 radical (unpaired) electrons. The van der Waals surface area contributed by atoms with Crippen molar-refractivity contribution in [2.75, 3.05) is 18.4 Å². The summed E-state index contributed by atoms with van der Waals surface area (Å²) in [5.74, 6) is 0. The zero-order valence-corrected chi connectivity index (χ0v) is 12.0. The van der Waals surface area contributed by atoms with E-state index in [4.69, 9.17) is 0 Å². The van der Waals surface area contributed by atoms with Gasteiger partial charge in [-0.05, 0) is 69.3 Å². The van der Waals surface area contributed by atoms with Crippen LogP contribution in [-0.4, -0.2) is 19.1 Å². The minimum absolute atomic E-state index is 0.720. The van der Waals surface area contributed by atoms with Gasteiger partial charge in [0.1, 0.15) is 0 Å². The quantitative estimate of drug-likeness (QED) is 0.849. The predicted octanol–water partition coefficient (Wildman–Crippen LogP) is 3.56. The highest BCUT2D eigenvalue weighted by atomic mass is 14.9. The van der Waals surface area contributed by atoms with Crippen molar-refractivity contribution in [1.29, 1.82) is 0 Å². The number of hydrogen-bond acceptors (Lipinski definition) is 2. The second kappa shape index (κ2) is 6.24. The molecule has 0 spiro atoms. The van der Waals surface area contributed by atoms with E-state index in [0.29, 0.717) is 0 Å². The van der Waals surface area contributed by atoms with Gasteiger partial charge in [0.25, 0.3) is 0 Å². The summed E-state index contributed by atoms with van der Waals surface area (Å²) in [6.07, 6.45) is 5.31. The van der Waals surface area contributed by atoms with Crippen molar-refractivity contribution in [3.05, 3.63) is 28.8 Å². The summed E-state index contributed by atoms with van der Waals surface area (Å²) in [4.78, 5) is 0. The Hall–Kier alpha value is -1.02. The van der Waals surface area contributed by atoms with Crippen molar-refractivity contribution in [3.8, 4) is 0 Å². The van der Waals surface area contributed by atoms with Gasteiger partial charge in [0.05, 0.1) is 0 Å². The zero-order chi connectivity index (χ0) is 13.0. The number of hydrogen-bond donors (Lipinski definition) is 2. The highest BCUT2D eigenvalue weighted by Crippen LogP contribution is 2.21. The second-order valence-corrected chi connectivity index (χ2v) is 5.54. The summed E-state index contributed by atoms with van der Waals surface area (Å²) >= 11 is 0. The molecule has 0 amide bonds. The van der Waals surface area contributed by atoms with E-state index in [1.54, 1.807) is 0 Å².